The van der Waals surface area contributed by atoms with Crippen LogP contribution in [0.2, 0.25) is 0 Å². The SMILES string of the molecule is CC(C=P)C(=O)N1C(C)CCC1c1ncc(C2CCC(c3ccc(-c4cnc(C5CC6CC6N5C(=O)C(C)CP)[nH]4)cc3)CC2)[nH]1. The van der Waals surface area contributed by atoms with Gasteiger partial charge in [0.25, 0.3) is 0 Å². The summed E-state index contributed by atoms with van der Waals surface area (Å²) in [7, 11) is 6.13. The van der Waals surface area contributed by atoms with Crippen molar-refractivity contribution in [2.75, 3.05) is 6.16 Å². The largest absolute Gasteiger partial charge is 0.344 e. The summed E-state index contributed by atoms with van der Waals surface area (Å²) in [6.07, 6.45) is 13.4. The van der Waals surface area contributed by atoms with E-state index in [1.807, 2.05) is 31.1 Å². The molecule has 2 saturated heterocycles. The van der Waals surface area contributed by atoms with Crippen LogP contribution < -0.4 is 0 Å². The van der Waals surface area contributed by atoms with Crippen molar-refractivity contribution in [2.45, 2.75) is 108 Å². The molecule has 7 rings (SSSR count). The smallest absolute Gasteiger partial charge is 0.230 e. The predicted molar refractivity (Wildman–Crippen MR) is 188 cm³/mol. The normalized spacial score (nSPS) is 30.2. The van der Waals surface area contributed by atoms with Crippen LogP contribution in [0.3, 0.4) is 0 Å². The Bertz CT molecular complexity index is 1580. The highest BCUT2D eigenvalue weighted by Gasteiger charge is 2.55. The van der Waals surface area contributed by atoms with Gasteiger partial charge >= 0.3 is 0 Å². The van der Waals surface area contributed by atoms with Crippen LogP contribution in [0.4, 0.5) is 0 Å². The molecule has 10 heteroatoms. The number of nitrogens with zero attached hydrogens (tertiary/aromatic N) is 4. The van der Waals surface area contributed by atoms with Gasteiger partial charge < -0.3 is 19.8 Å². The van der Waals surface area contributed by atoms with E-state index in [9.17, 15) is 9.59 Å². The van der Waals surface area contributed by atoms with E-state index in [1.54, 1.807) is 5.80 Å². The van der Waals surface area contributed by atoms with Crippen molar-refractivity contribution in [3.8, 4) is 11.3 Å². The molecule has 2 aliphatic carbocycles. The molecule has 0 radical (unpaired) electrons. The lowest BCUT2D eigenvalue weighted by atomic mass is 9.77. The molecular formula is C36H48N6O2P2. The van der Waals surface area contributed by atoms with Crippen LogP contribution in [0, 0.1) is 17.8 Å². The zero-order chi connectivity index (χ0) is 32.1. The van der Waals surface area contributed by atoms with E-state index in [4.69, 9.17) is 9.97 Å². The summed E-state index contributed by atoms with van der Waals surface area (Å²) in [6.45, 7) is 6.11. The second-order valence-corrected chi connectivity index (χ2v) is 15.2. The van der Waals surface area contributed by atoms with Crippen LogP contribution in [0.5, 0.6) is 0 Å². The molecule has 2 aliphatic heterocycles. The first-order valence-electron chi connectivity index (χ1n) is 17.3. The van der Waals surface area contributed by atoms with Crippen molar-refractivity contribution >= 4 is 35.7 Å². The molecule has 4 aliphatic rings. The van der Waals surface area contributed by atoms with E-state index in [-0.39, 0.29) is 41.8 Å². The Kier molecular flexibility index (Phi) is 8.98. The number of hydrogen-bond acceptors (Lipinski definition) is 4. The van der Waals surface area contributed by atoms with E-state index in [0.717, 1.165) is 80.4 Å². The molecule has 0 bridgehead atoms. The number of amides is 2. The fourth-order valence-corrected chi connectivity index (χ4v) is 8.70. The molecule has 4 fully saturated rings. The summed E-state index contributed by atoms with van der Waals surface area (Å²) in [5, 5.41) is 0. The van der Waals surface area contributed by atoms with Crippen LogP contribution in [0.15, 0.2) is 36.7 Å². The summed E-state index contributed by atoms with van der Waals surface area (Å²) in [5.74, 6) is 5.60. The molecule has 0 spiro atoms. The van der Waals surface area contributed by atoms with E-state index >= 15 is 0 Å². The Morgan fingerprint density at radius 3 is 2.33 bits per heavy atom. The lowest BCUT2D eigenvalue weighted by molar-refractivity contribution is -0.137. The van der Waals surface area contributed by atoms with Gasteiger partial charge in [-0.2, -0.15) is 0 Å². The van der Waals surface area contributed by atoms with Crippen LogP contribution >= 0.6 is 18.1 Å². The maximum absolute atomic E-state index is 13.1. The molecule has 2 N–H and O–H groups in total. The number of aromatic nitrogens is 4. The molecule has 2 aromatic heterocycles. The summed E-state index contributed by atoms with van der Waals surface area (Å²) in [6, 6.07) is 9.73. The Morgan fingerprint density at radius 1 is 0.913 bits per heavy atom. The van der Waals surface area contributed by atoms with E-state index in [2.05, 4.69) is 64.2 Å². The number of carbonyl (C=O) groups is 2. The fourth-order valence-electron chi connectivity index (χ4n) is 8.36. The Hall–Kier alpha value is -2.82. The molecule has 8 atom stereocenters. The summed E-state index contributed by atoms with van der Waals surface area (Å²) >= 11 is 0. The van der Waals surface area contributed by atoms with Crippen molar-refractivity contribution in [2.24, 2.45) is 17.8 Å². The van der Waals surface area contributed by atoms with E-state index < -0.39 is 0 Å². The molecule has 244 valence electrons. The molecular weight excluding hydrogens is 610 g/mol. The molecule has 3 aromatic rings. The molecule has 8 nitrogen and oxygen atoms in total. The number of carbonyl (C=O) groups excluding carboxylic acids is 2. The molecule has 2 saturated carbocycles. The number of fused-ring (bicyclic) bond motifs is 1. The van der Waals surface area contributed by atoms with Crippen molar-refractivity contribution in [1.82, 2.24) is 29.7 Å². The number of imidazole rings is 2. The van der Waals surface area contributed by atoms with E-state index in [0.29, 0.717) is 23.8 Å². The lowest BCUT2D eigenvalue weighted by Gasteiger charge is -2.30. The highest BCUT2D eigenvalue weighted by atomic mass is 31.0. The Balaban J connectivity index is 0.963. The highest BCUT2D eigenvalue weighted by Crippen LogP contribution is 2.53. The highest BCUT2D eigenvalue weighted by molar-refractivity contribution is 7.18. The summed E-state index contributed by atoms with van der Waals surface area (Å²) < 4.78 is 0. The predicted octanol–water partition coefficient (Wildman–Crippen LogP) is 7.05. The second-order valence-electron chi connectivity index (χ2n) is 14.4. The Labute approximate surface area is 277 Å². The number of likely N-dealkylation sites (tertiary alicyclic amines) is 2. The van der Waals surface area contributed by atoms with Crippen molar-refractivity contribution in [1.29, 1.82) is 0 Å². The standard InChI is InChI=1S/C36H48N6O2P2/c1-20(18-45)35(43)41-22(3)4-13-30(41)33-37-16-28(39-33)25-9-5-23(6-10-25)24-7-11-26(12-8-24)29-17-38-34(40-29)32-15-27-14-31(27)42(32)36(44)21(2)19-46/h7-8,11-12,16-18,20-23,25,27,30-32,45H,4-6,9-10,13-15,19,46H2,1-3H3,(H,37,39)(H,38,40). The molecule has 1 aromatic carbocycles. The topological polar surface area (TPSA) is 98.0 Å². The third kappa shape index (κ3) is 5.90. The van der Waals surface area contributed by atoms with Crippen molar-refractivity contribution in [3.05, 3.63) is 59.6 Å². The van der Waals surface area contributed by atoms with Crippen LogP contribution in [-0.2, 0) is 9.59 Å². The van der Waals surface area contributed by atoms with Gasteiger partial charge in [-0.15, -0.1) is 18.1 Å². The molecule has 46 heavy (non-hydrogen) atoms. The lowest BCUT2D eigenvalue weighted by Crippen LogP contribution is -2.39. The molecule has 4 heterocycles. The minimum absolute atomic E-state index is 0.0245. The number of nitrogens with one attached hydrogen (secondary N) is 2. The van der Waals surface area contributed by atoms with Gasteiger partial charge in [0, 0.05) is 35.8 Å². The maximum atomic E-state index is 13.1. The molecule has 8 unspecified atom stereocenters. The third-order valence-corrected chi connectivity index (χ3v) is 12.6. The zero-order valence-electron chi connectivity index (χ0n) is 27.3. The van der Waals surface area contributed by atoms with Gasteiger partial charge in [0.1, 0.15) is 11.6 Å². The molecule has 2 amide bonds. The number of aromatic amines is 2. The van der Waals surface area contributed by atoms with Gasteiger partial charge in [0.05, 0.1) is 29.9 Å². The first-order valence-corrected chi connectivity index (χ1v) is 18.7. The van der Waals surface area contributed by atoms with Crippen LogP contribution in [-0.4, -0.2) is 65.6 Å². The zero-order valence-corrected chi connectivity index (χ0v) is 29.4. The fraction of sp³-hybridized carbons (Fsp3) is 0.583. The Morgan fingerprint density at radius 2 is 1.61 bits per heavy atom. The minimum Gasteiger partial charge on any atom is -0.344 e. The first kappa shape index (κ1) is 31.8. The van der Waals surface area contributed by atoms with Gasteiger partial charge in [-0.3, -0.25) is 9.59 Å². The van der Waals surface area contributed by atoms with Gasteiger partial charge in [-0.1, -0.05) is 37.0 Å². The summed E-state index contributed by atoms with van der Waals surface area (Å²) in [4.78, 5) is 47.2. The number of benzene rings is 1. The summed E-state index contributed by atoms with van der Waals surface area (Å²) in [5.41, 5.74) is 4.77. The number of rotatable bonds is 9. The van der Waals surface area contributed by atoms with Gasteiger partial charge in [-0.05, 0) is 94.3 Å². The maximum Gasteiger partial charge on any atom is 0.230 e. The quantitative estimate of drug-likeness (QED) is 0.241. The van der Waals surface area contributed by atoms with Crippen LogP contribution in [0.25, 0.3) is 11.3 Å². The minimum atomic E-state index is -0.158. The van der Waals surface area contributed by atoms with Gasteiger partial charge in [0.2, 0.25) is 11.8 Å². The third-order valence-electron chi connectivity index (χ3n) is 11.4. The average Bonchev–Trinajstić information content (AvgIpc) is 3.57. The van der Waals surface area contributed by atoms with E-state index in [1.165, 1.54) is 11.3 Å². The average molecular weight is 659 g/mol. The second kappa shape index (κ2) is 13.0. The van der Waals surface area contributed by atoms with Crippen molar-refractivity contribution in [3.63, 3.8) is 0 Å². The van der Waals surface area contributed by atoms with Gasteiger partial charge in [-0.25, -0.2) is 9.97 Å². The number of H-pyrrole nitrogens is 2. The monoisotopic (exact) mass is 658 g/mol. The number of hydrogen-bond donors (Lipinski definition) is 2. The number of piperidine rings is 1. The first-order chi connectivity index (χ1) is 22.3. The van der Waals surface area contributed by atoms with Crippen LogP contribution in [0.1, 0.15) is 119 Å². The van der Waals surface area contributed by atoms with Crippen molar-refractivity contribution < 1.29 is 9.59 Å². The van der Waals surface area contributed by atoms with Gasteiger partial charge in [0.15, 0.2) is 0 Å².